The van der Waals surface area contributed by atoms with Crippen LogP contribution in [0, 0.1) is 0 Å². The lowest BCUT2D eigenvalue weighted by atomic mass is 10.0. The van der Waals surface area contributed by atoms with Crippen molar-refractivity contribution >= 4 is 16.7 Å². The molecule has 1 amide bonds. The third-order valence-electron chi connectivity index (χ3n) is 4.78. The van der Waals surface area contributed by atoms with E-state index in [0.717, 1.165) is 25.7 Å². The Morgan fingerprint density at radius 2 is 1.91 bits per heavy atom. The van der Waals surface area contributed by atoms with Crippen molar-refractivity contribution in [3.8, 4) is 0 Å². The van der Waals surface area contributed by atoms with Crippen molar-refractivity contribution in [3.05, 3.63) is 48.0 Å². The van der Waals surface area contributed by atoms with Crippen molar-refractivity contribution in [1.29, 1.82) is 0 Å². The zero-order valence-electron chi connectivity index (χ0n) is 14.0. The van der Waals surface area contributed by atoms with Gasteiger partial charge in [0.05, 0.1) is 12.1 Å². The van der Waals surface area contributed by atoms with Crippen LogP contribution in [0.3, 0.4) is 0 Å². The number of hydrogen-bond donors (Lipinski definition) is 1. The minimum Gasteiger partial charge on any atom is -0.332 e. The third-order valence-corrected chi connectivity index (χ3v) is 4.78. The highest BCUT2D eigenvalue weighted by Crippen LogP contribution is 2.35. The van der Waals surface area contributed by atoms with Crippen LogP contribution in [0.4, 0.5) is 0 Å². The van der Waals surface area contributed by atoms with E-state index < -0.39 is 0 Å². The summed E-state index contributed by atoms with van der Waals surface area (Å²) in [5.41, 5.74) is 7.30. The summed E-state index contributed by atoms with van der Waals surface area (Å²) in [6, 6.07) is 14.9. The van der Waals surface area contributed by atoms with Crippen molar-refractivity contribution in [2.75, 3.05) is 0 Å². The summed E-state index contributed by atoms with van der Waals surface area (Å²) in [5, 5.41) is 2.45. The molecule has 1 aliphatic carbocycles. The minimum absolute atomic E-state index is 0.0718. The Bertz CT molecular complexity index is 693. The third kappa shape index (κ3) is 3.40. The monoisotopic (exact) mass is 310 g/mol. The predicted octanol–water partition coefficient (Wildman–Crippen LogP) is 4.02. The molecule has 0 saturated heterocycles. The number of nitrogens with zero attached hydrogens (tertiary/aromatic N) is 1. The Morgan fingerprint density at radius 1 is 1.22 bits per heavy atom. The van der Waals surface area contributed by atoms with Gasteiger partial charge in [0, 0.05) is 6.04 Å². The highest BCUT2D eigenvalue weighted by atomic mass is 16.2. The van der Waals surface area contributed by atoms with Crippen LogP contribution in [0.5, 0.6) is 0 Å². The summed E-state index contributed by atoms with van der Waals surface area (Å²) in [6.07, 6.45) is 3.90. The molecular formula is C20H26N2O. The average molecular weight is 310 g/mol. The van der Waals surface area contributed by atoms with Crippen LogP contribution in [-0.2, 0) is 4.79 Å². The number of benzene rings is 2. The van der Waals surface area contributed by atoms with Crippen molar-refractivity contribution in [2.45, 2.75) is 57.7 Å². The van der Waals surface area contributed by atoms with Gasteiger partial charge in [0.15, 0.2) is 0 Å². The van der Waals surface area contributed by atoms with Crippen LogP contribution in [0.1, 0.15) is 51.1 Å². The largest absolute Gasteiger partial charge is 0.332 e. The minimum atomic E-state index is -0.372. The second kappa shape index (κ2) is 6.71. The number of hydrogen-bond acceptors (Lipinski definition) is 2. The molecule has 2 aromatic rings. The molecule has 1 fully saturated rings. The fraction of sp³-hybridized carbons (Fsp3) is 0.450. The van der Waals surface area contributed by atoms with E-state index in [2.05, 4.69) is 56.3 Å². The maximum atomic E-state index is 12.8. The summed E-state index contributed by atoms with van der Waals surface area (Å²) in [5.74, 6) is 0.106. The molecule has 2 atom stereocenters. The van der Waals surface area contributed by atoms with E-state index in [0.29, 0.717) is 6.04 Å². The van der Waals surface area contributed by atoms with Gasteiger partial charge in [0.2, 0.25) is 5.91 Å². The first kappa shape index (κ1) is 16.0. The van der Waals surface area contributed by atoms with E-state index in [-0.39, 0.29) is 18.0 Å². The summed E-state index contributed by atoms with van der Waals surface area (Å²) < 4.78 is 0. The van der Waals surface area contributed by atoms with Gasteiger partial charge in [0.25, 0.3) is 0 Å². The molecule has 1 saturated carbocycles. The molecule has 0 bridgehead atoms. The van der Waals surface area contributed by atoms with Crippen molar-refractivity contribution in [2.24, 2.45) is 5.73 Å². The highest BCUT2D eigenvalue weighted by molar-refractivity contribution is 5.84. The Balaban J connectivity index is 1.87. The molecule has 0 aromatic heterocycles. The lowest BCUT2D eigenvalue weighted by Gasteiger charge is -2.32. The number of carbonyl (C=O) groups is 1. The quantitative estimate of drug-likeness (QED) is 0.876. The SMILES string of the molecule is CCCC(N)C(=O)N(C1CC1)C(C)c1ccc2ccccc2c1. The molecule has 3 rings (SSSR count). The standard InChI is InChI=1S/C20H26N2O/c1-3-6-19(21)20(23)22(18-11-12-18)14(2)16-10-9-15-7-4-5-8-17(15)13-16/h4-5,7-10,13-14,18-19H,3,6,11-12,21H2,1-2H3. The second-order valence-electron chi connectivity index (χ2n) is 6.65. The molecule has 0 radical (unpaired) electrons. The van der Waals surface area contributed by atoms with E-state index in [1.165, 1.54) is 16.3 Å². The second-order valence-corrected chi connectivity index (χ2v) is 6.65. The normalized spacial score (nSPS) is 17.0. The van der Waals surface area contributed by atoms with Crippen molar-refractivity contribution in [1.82, 2.24) is 4.90 Å². The molecule has 122 valence electrons. The Morgan fingerprint density at radius 3 is 2.57 bits per heavy atom. The van der Waals surface area contributed by atoms with Crippen LogP contribution in [0.2, 0.25) is 0 Å². The van der Waals surface area contributed by atoms with Gasteiger partial charge in [-0.2, -0.15) is 0 Å². The zero-order valence-corrected chi connectivity index (χ0v) is 14.0. The highest BCUT2D eigenvalue weighted by Gasteiger charge is 2.37. The first-order valence-corrected chi connectivity index (χ1v) is 8.68. The zero-order chi connectivity index (χ0) is 16.4. The van der Waals surface area contributed by atoms with E-state index >= 15 is 0 Å². The van der Waals surface area contributed by atoms with Crippen LogP contribution < -0.4 is 5.73 Å². The lowest BCUT2D eigenvalue weighted by Crippen LogP contribution is -2.46. The van der Waals surface area contributed by atoms with Gasteiger partial charge in [-0.3, -0.25) is 4.79 Å². The summed E-state index contributed by atoms with van der Waals surface area (Å²) in [4.78, 5) is 14.8. The van der Waals surface area contributed by atoms with Crippen LogP contribution in [0.25, 0.3) is 10.8 Å². The maximum absolute atomic E-state index is 12.8. The van der Waals surface area contributed by atoms with Crippen molar-refractivity contribution < 1.29 is 4.79 Å². The van der Waals surface area contributed by atoms with Crippen LogP contribution in [0.15, 0.2) is 42.5 Å². The van der Waals surface area contributed by atoms with E-state index in [1.54, 1.807) is 0 Å². The Labute approximate surface area is 138 Å². The molecule has 23 heavy (non-hydrogen) atoms. The van der Waals surface area contributed by atoms with Gasteiger partial charge in [-0.15, -0.1) is 0 Å². The molecule has 3 nitrogen and oxygen atoms in total. The molecule has 3 heteroatoms. The molecule has 2 aromatic carbocycles. The van der Waals surface area contributed by atoms with Crippen LogP contribution >= 0.6 is 0 Å². The van der Waals surface area contributed by atoms with Gasteiger partial charge in [-0.25, -0.2) is 0 Å². The first-order valence-electron chi connectivity index (χ1n) is 8.68. The summed E-state index contributed by atoms with van der Waals surface area (Å²) >= 11 is 0. The molecule has 0 heterocycles. The van der Waals surface area contributed by atoms with E-state index in [1.807, 2.05) is 4.90 Å². The smallest absolute Gasteiger partial charge is 0.240 e. The van der Waals surface area contributed by atoms with Crippen LogP contribution in [-0.4, -0.2) is 22.9 Å². The number of amides is 1. The molecule has 2 unspecified atom stereocenters. The number of nitrogens with two attached hydrogens (primary N) is 1. The molecule has 1 aliphatic rings. The fourth-order valence-electron chi connectivity index (χ4n) is 3.29. The first-order chi connectivity index (χ1) is 11.1. The molecule has 0 spiro atoms. The molecule has 0 aliphatic heterocycles. The topological polar surface area (TPSA) is 46.3 Å². The molecule has 2 N–H and O–H groups in total. The average Bonchev–Trinajstić information content (AvgIpc) is 3.39. The van der Waals surface area contributed by atoms with Gasteiger partial charge in [-0.1, -0.05) is 49.7 Å². The van der Waals surface area contributed by atoms with Crippen molar-refractivity contribution in [3.63, 3.8) is 0 Å². The Hall–Kier alpha value is -1.87. The predicted molar refractivity (Wildman–Crippen MR) is 95.1 cm³/mol. The van der Waals surface area contributed by atoms with Gasteiger partial charge >= 0.3 is 0 Å². The number of fused-ring (bicyclic) bond motifs is 1. The van der Waals surface area contributed by atoms with Gasteiger partial charge in [-0.05, 0) is 48.6 Å². The Kier molecular flexibility index (Phi) is 4.67. The molecular weight excluding hydrogens is 284 g/mol. The summed E-state index contributed by atoms with van der Waals surface area (Å²) in [7, 11) is 0. The number of carbonyl (C=O) groups excluding carboxylic acids is 1. The maximum Gasteiger partial charge on any atom is 0.240 e. The van der Waals surface area contributed by atoms with Gasteiger partial charge in [0.1, 0.15) is 0 Å². The number of rotatable bonds is 6. The lowest BCUT2D eigenvalue weighted by molar-refractivity contribution is -0.135. The van der Waals surface area contributed by atoms with Gasteiger partial charge < -0.3 is 10.6 Å². The summed E-state index contributed by atoms with van der Waals surface area (Å²) in [6.45, 7) is 4.19. The van der Waals surface area contributed by atoms with E-state index in [9.17, 15) is 4.79 Å². The fourth-order valence-corrected chi connectivity index (χ4v) is 3.29. The van der Waals surface area contributed by atoms with E-state index in [4.69, 9.17) is 5.73 Å².